The summed E-state index contributed by atoms with van der Waals surface area (Å²) in [5.41, 5.74) is 6.72. The molecule has 12 nitrogen and oxygen atoms in total. The second kappa shape index (κ2) is 17.6. The molecule has 4 amide bonds. The number of benzene rings is 5. The zero-order valence-electron chi connectivity index (χ0n) is 34.2. The summed E-state index contributed by atoms with van der Waals surface area (Å²) in [6, 6.07) is 36.2. The minimum absolute atomic E-state index is 0.0707. The van der Waals surface area contributed by atoms with Crippen molar-refractivity contribution in [1.29, 1.82) is 0 Å². The number of methoxy groups -OCH3 is 1. The molecular formula is C49H48N6O6. The number of hydrogen-bond acceptors (Lipinski definition) is 7. The van der Waals surface area contributed by atoms with Crippen LogP contribution in [0.5, 0.6) is 11.5 Å². The first-order valence-corrected chi connectivity index (χ1v) is 20.3. The van der Waals surface area contributed by atoms with Gasteiger partial charge in [-0.2, -0.15) is 0 Å². The van der Waals surface area contributed by atoms with Crippen LogP contribution < -0.4 is 10.1 Å². The van der Waals surface area contributed by atoms with Gasteiger partial charge in [-0.1, -0.05) is 78.9 Å². The summed E-state index contributed by atoms with van der Waals surface area (Å²) in [6.07, 6.45) is 3.92. The van der Waals surface area contributed by atoms with Crippen LogP contribution in [0.4, 0.5) is 5.69 Å². The molecule has 8 rings (SSSR count). The van der Waals surface area contributed by atoms with E-state index in [1.165, 1.54) is 0 Å². The third kappa shape index (κ3) is 8.48. The van der Waals surface area contributed by atoms with E-state index in [1.54, 1.807) is 93.7 Å². The Labute approximate surface area is 354 Å². The number of aromatic hydroxyl groups is 1. The molecule has 2 aliphatic rings. The Morgan fingerprint density at radius 3 is 2.33 bits per heavy atom. The van der Waals surface area contributed by atoms with E-state index >= 15 is 0 Å². The highest BCUT2D eigenvalue weighted by Gasteiger charge is 2.51. The number of carbonyl (C=O) groups is 4. The molecule has 0 aliphatic carbocycles. The molecule has 0 saturated carbocycles. The van der Waals surface area contributed by atoms with E-state index in [-0.39, 0.29) is 68.4 Å². The highest BCUT2D eigenvalue weighted by atomic mass is 16.5. The molecule has 2 fully saturated rings. The molecule has 3 heterocycles. The number of nitrogens with zero attached hydrogens (tertiary/aromatic N) is 5. The first-order valence-electron chi connectivity index (χ1n) is 20.3. The number of phenols is 1. The average Bonchev–Trinajstić information content (AvgIpc) is 3.62. The van der Waals surface area contributed by atoms with Crippen LogP contribution in [0.25, 0.3) is 22.0 Å². The van der Waals surface area contributed by atoms with Crippen molar-refractivity contribution >= 4 is 40.2 Å². The lowest BCUT2D eigenvalue weighted by Crippen LogP contribution is -2.75. The molecule has 0 bridgehead atoms. The third-order valence-electron chi connectivity index (χ3n) is 11.5. The summed E-state index contributed by atoms with van der Waals surface area (Å²) in [7, 11) is 3.57. The highest BCUT2D eigenvalue weighted by molar-refractivity contribution is 6.05. The number of fused-ring (bicyclic) bond motifs is 2. The molecule has 310 valence electrons. The highest BCUT2D eigenvalue weighted by Crippen LogP contribution is 2.35. The van der Waals surface area contributed by atoms with Crippen molar-refractivity contribution in [3.63, 3.8) is 0 Å². The van der Waals surface area contributed by atoms with Crippen molar-refractivity contribution < 1.29 is 29.0 Å². The number of aryl methyl sites for hydroxylation is 2. The summed E-state index contributed by atoms with van der Waals surface area (Å²) in [5.74, 6) is -0.0352. The number of nitrogens with one attached hydrogen (secondary N) is 1. The van der Waals surface area contributed by atoms with Gasteiger partial charge in [0.05, 0.1) is 25.7 Å². The number of amides is 4. The fraction of sp³-hybridized carbons (Fsp3) is 0.224. The zero-order chi connectivity index (χ0) is 42.6. The average molecular weight is 817 g/mol. The lowest BCUT2D eigenvalue weighted by Gasteiger charge is -2.55. The first kappa shape index (κ1) is 40.6. The minimum Gasteiger partial charge on any atom is -0.508 e. The second-order valence-corrected chi connectivity index (χ2v) is 15.5. The van der Waals surface area contributed by atoms with Gasteiger partial charge in [0.25, 0.3) is 5.91 Å². The molecule has 6 aromatic rings. The van der Waals surface area contributed by atoms with Crippen molar-refractivity contribution in [2.45, 2.75) is 38.0 Å². The zero-order valence-corrected chi connectivity index (χ0v) is 34.2. The van der Waals surface area contributed by atoms with Crippen LogP contribution in [0, 0.1) is 0 Å². The lowest BCUT2D eigenvalue weighted by molar-refractivity contribution is -0.205. The van der Waals surface area contributed by atoms with Crippen LogP contribution >= 0.6 is 0 Å². The van der Waals surface area contributed by atoms with E-state index < -0.39 is 12.2 Å². The molecule has 2 saturated heterocycles. The SMILES string of the molecule is C=CCN1CC(=O)N2[C@@H](Cc3ccc(O)cc3)C(=O)N(Cc3cccc4c(-c5ccc(C(=O)Nc6ccc(OC)cc6)cc5)cn(C)c34)C[C@@H]2N1C(=O)CCc1ccccc1. The van der Waals surface area contributed by atoms with Gasteiger partial charge >= 0.3 is 0 Å². The van der Waals surface area contributed by atoms with Gasteiger partial charge in [0, 0.05) is 61.4 Å². The van der Waals surface area contributed by atoms with Crippen molar-refractivity contribution in [2.24, 2.45) is 7.05 Å². The van der Waals surface area contributed by atoms with Gasteiger partial charge in [-0.05, 0) is 77.2 Å². The van der Waals surface area contributed by atoms with Gasteiger partial charge in [-0.15, -0.1) is 6.58 Å². The number of rotatable bonds is 13. The van der Waals surface area contributed by atoms with E-state index in [0.717, 1.165) is 38.7 Å². The summed E-state index contributed by atoms with van der Waals surface area (Å²) < 4.78 is 7.27. The maximum absolute atomic E-state index is 14.8. The van der Waals surface area contributed by atoms with Crippen LogP contribution in [-0.2, 0) is 40.8 Å². The molecule has 0 unspecified atom stereocenters. The standard InChI is InChI=1S/C49H48N6O6/c1-4-27-53-32-46(58)54-43(28-34-13-22-39(56)23-14-34)49(60)52(31-44(54)55(53)45(57)26-15-33-9-6-5-7-10-33)29-37-11-8-12-41-42(30-51(2)47(37)41)35-16-18-36(19-17-35)48(59)50-38-20-24-40(61-3)25-21-38/h4-14,16-25,30,43-44,56H,1,15,26-29,31-32H2,2-3H3,(H,50,59)/t43-,44-/m0/s1. The largest absolute Gasteiger partial charge is 0.508 e. The Balaban J connectivity index is 1.10. The molecule has 5 aromatic carbocycles. The molecule has 2 N–H and O–H groups in total. The smallest absolute Gasteiger partial charge is 0.255 e. The number of hydrogen-bond donors (Lipinski definition) is 2. The van der Waals surface area contributed by atoms with Gasteiger partial charge in [0.1, 0.15) is 23.7 Å². The maximum atomic E-state index is 14.8. The predicted molar refractivity (Wildman–Crippen MR) is 234 cm³/mol. The monoisotopic (exact) mass is 816 g/mol. The second-order valence-electron chi connectivity index (χ2n) is 15.5. The number of para-hydroxylation sites is 1. The van der Waals surface area contributed by atoms with Crippen molar-refractivity contribution in [2.75, 3.05) is 32.1 Å². The van der Waals surface area contributed by atoms with Gasteiger partial charge in [-0.25, -0.2) is 10.0 Å². The number of hydrazine groups is 1. The molecule has 61 heavy (non-hydrogen) atoms. The third-order valence-corrected chi connectivity index (χ3v) is 11.5. The number of phenolic OH excluding ortho intramolecular Hbond substituents is 1. The van der Waals surface area contributed by atoms with Gasteiger partial charge in [0.2, 0.25) is 17.7 Å². The summed E-state index contributed by atoms with van der Waals surface area (Å²) in [5, 5.41) is 17.3. The quantitative estimate of drug-likeness (QED) is 0.123. The Hall–Kier alpha value is -7.18. The Bertz CT molecular complexity index is 2570. The number of carbonyl (C=O) groups excluding carboxylic acids is 4. The van der Waals surface area contributed by atoms with Crippen molar-refractivity contribution in [3.05, 3.63) is 162 Å². The number of anilines is 1. The Morgan fingerprint density at radius 1 is 0.885 bits per heavy atom. The molecule has 1 aromatic heterocycles. The number of aromatic nitrogens is 1. The molecule has 0 radical (unpaired) electrons. The van der Waals surface area contributed by atoms with Crippen molar-refractivity contribution in [3.8, 4) is 22.6 Å². The van der Waals surface area contributed by atoms with E-state index in [1.807, 2.05) is 78.5 Å². The van der Waals surface area contributed by atoms with Crippen molar-refractivity contribution in [1.82, 2.24) is 24.4 Å². The van der Waals surface area contributed by atoms with Crippen LogP contribution in [0.1, 0.15) is 33.5 Å². The Kier molecular flexibility index (Phi) is 11.7. The van der Waals surface area contributed by atoms with Gasteiger partial charge in [-0.3, -0.25) is 19.2 Å². The van der Waals surface area contributed by atoms with Gasteiger partial charge < -0.3 is 29.5 Å². The lowest BCUT2D eigenvalue weighted by atomic mass is 9.97. The summed E-state index contributed by atoms with van der Waals surface area (Å²) in [4.78, 5) is 59.7. The van der Waals surface area contributed by atoms with E-state index in [2.05, 4.69) is 11.9 Å². The van der Waals surface area contributed by atoms with E-state index in [9.17, 15) is 24.3 Å². The molecule has 0 spiro atoms. The van der Waals surface area contributed by atoms with Crippen LogP contribution in [0.15, 0.2) is 140 Å². The first-order chi connectivity index (χ1) is 29.6. The molecule has 12 heteroatoms. The van der Waals surface area contributed by atoms with Gasteiger partial charge in [0.15, 0.2) is 0 Å². The fourth-order valence-corrected chi connectivity index (χ4v) is 8.56. The number of ether oxygens (including phenoxy) is 1. The van der Waals surface area contributed by atoms with Crippen LogP contribution in [0.2, 0.25) is 0 Å². The van der Waals surface area contributed by atoms with E-state index in [4.69, 9.17) is 4.74 Å². The van der Waals surface area contributed by atoms with E-state index in [0.29, 0.717) is 23.4 Å². The van der Waals surface area contributed by atoms with Crippen LogP contribution in [0.3, 0.4) is 0 Å². The predicted octanol–water partition coefficient (Wildman–Crippen LogP) is 6.80. The normalized spacial score (nSPS) is 16.7. The Morgan fingerprint density at radius 2 is 1.62 bits per heavy atom. The topological polar surface area (TPSA) is 128 Å². The van der Waals surface area contributed by atoms with Crippen LogP contribution in [-0.4, -0.2) is 92.1 Å². The summed E-state index contributed by atoms with van der Waals surface area (Å²) in [6.45, 7) is 4.46. The summed E-state index contributed by atoms with van der Waals surface area (Å²) >= 11 is 0. The fourth-order valence-electron chi connectivity index (χ4n) is 8.56. The molecule has 2 atom stereocenters. The maximum Gasteiger partial charge on any atom is 0.255 e. The molecular weight excluding hydrogens is 769 g/mol. The minimum atomic E-state index is -0.894. The number of piperazine rings is 1. The molecule has 2 aliphatic heterocycles.